The van der Waals surface area contributed by atoms with Gasteiger partial charge >= 0.3 is 5.69 Å². The molecule has 0 aliphatic rings. The number of halogens is 1. The lowest BCUT2D eigenvalue weighted by atomic mass is 10.2. The van der Waals surface area contributed by atoms with Gasteiger partial charge in [-0.05, 0) is 30.9 Å². The van der Waals surface area contributed by atoms with Crippen LogP contribution < -0.4 is 11.2 Å². The molecule has 0 saturated heterocycles. The first-order valence-corrected chi connectivity index (χ1v) is 10.4. The van der Waals surface area contributed by atoms with Crippen LogP contribution in [0.1, 0.15) is 38.4 Å². The highest BCUT2D eigenvalue weighted by molar-refractivity contribution is 6.28. The van der Waals surface area contributed by atoms with Gasteiger partial charge in [-0.25, -0.2) is 9.78 Å². The predicted octanol–water partition coefficient (Wildman–Crippen LogP) is 2.20. The molecule has 12 heteroatoms. The van der Waals surface area contributed by atoms with Crippen molar-refractivity contribution in [3.8, 4) is 11.6 Å². The number of aromatic amines is 1. The Morgan fingerprint density at radius 1 is 1.10 bits per heavy atom. The minimum atomic E-state index is -0.420. The number of nitrogens with one attached hydrogen (secondary N) is 1. The number of aromatic nitrogens is 8. The molecule has 0 spiro atoms. The topological polar surface area (TPSA) is 137 Å². The van der Waals surface area contributed by atoms with E-state index in [0.717, 1.165) is 12.8 Å². The van der Waals surface area contributed by atoms with E-state index in [0.29, 0.717) is 48.9 Å². The van der Waals surface area contributed by atoms with Crippen LogP contribution in [0, 0.1) is 0 Å². The molecule has 0 aliphatic carbocycles. The Bertz CT molecular complexity index is 1290. The second kappa shape index (κ2) is 9.21. The number of imidazole rings is 1. The first-order chi connectivity index (χ1) is 15.1. The minimum absolute atomic E-state index is 0.0884. The van der Waals surface area contributed by atoms with Crippen molar-refractivity contribution in [2.45, 2.75) is 52.1 Å². The first-order valence-electron chi connectivity index (χ1n) is 10.1. The van der Waals surface area contributed by atoms with Crippen LogP contribution in [-0.2, 0) is 19.5 Å². The van der Waals surface area contributed by atoms with Gasteiger partial charge in [0.05, 0.1) is 6.20 Å². The van der Waals surface area contributed by atoms with Crippen LogP contribution in [0.4, 0.5) is 0 Å². The molecule has 0 atom stereocenters. The van der Waals surface area contributed by atoms with Crippen LogP contribution in [0.5, 0.6) is 0 Å². The Morgan fingerprint density at radius 3 is 2.71 bits per heavy atom. The van der Waals surface area contributed by atoms with Crippen LogP contribution in [-0.4, -0.2) is 39.2 Å². The second-order valence-corrected chi connectivity index (χ2v) is 7.39. The molecule has 0 saturated carbocycles. The van der Waals surface area contributed by atoms with E-state index >= 15 is 0 Å². The highest BCUT2D eigenvalue weighted by Crippen LogP contribution is 2.14. The predicted molar refractivity (Wildman–Crippen MR) is 113 cm³/mol. The van der Waals surface area contributed by atoms with Crippen molar-refractivity contribution >= 4 is 22.8 Å². The molecule has 0 aliphatic heterocycles. The summed E-state index contributed by atoms with van der Waals surface area (Å²) < 4.78 is 7.95. The van der Waals surface area contributed by atoms with Crippen LogP contribution in [0.25, 0.3) is 22.7 Å². The quantitative estimate of drug-likeness (QED) is 0.306. The molecule has 4 aromatic heterocycles. The molecule has 0 aromatic carbocycles. The number of unbranched alkanes of at least 4 members (excludes halogenated alkanes) is 2. The van der Waals surface area contributed by atoms with Crippen molar-refractivity contribution in [2.75, 3.05) is 0 Å². The molecule has 0 amide bonds. The maximum absolute atomic E-state index is 12.9. The first kappa shape index (κ1) is 20.9. The van der Waals surface area contributed by atoms with Crippen LogP contribution in [0.3, 0.4) is 0 Å². The molecule has 31 heavy (non-hydrogen) atoms. The molecule has 0 bridgehead atoms. The van der Waals surface area contributed by atoms with Gasteiger partial charge < -0.3 is 9.51 Å². The van der Waals surface area contributed by atoms with Gasteiger partial charge in [0.25, 0.3) is 11.4 Å². The van der Waals surface area contributed by atoms with Gasteiger partial charge in [-0.1, -0.05) is 18.5 Å². The lowest BCUT2D eigenvalue weighted by molar-refractivity contribution is 0.419. The number of H-pyrrole nitrogens is 1. The van der Waals surface area contributed by atoms with E-state index in [1.807, 2.05) is 6.92 Å². The fraction of sp³-hybridized carbons (Fsp3) is 0.421. The third-order valence-electron chi connectivity index (χ3n) is 4.85. The Labute approximate surface area is 181 Å². The van der Waals surface area contributed by atoms with E-state index in [2.05, 4.69) is 30.1 Å². The average molecular weight is 445 g/mol. The van der Waals surface area contributed by atoms with E-state index < -0.39 is 5.56 Å². The largest absolute Gasteiger partial charge is 0.332 e. The number of hydrogen-bond acceptors (Lipinski definition) is 8. The van der Waals surface area contributed by atoms with E-state index in [-0.39, 0.29) is 23.0 Å². The molecule has 162 valence electrons. The van der Waals surface area contributed by atoms with Gasteiger partial charge in [-0.2, -0.15) is 9.97 Å². The average Bonchev–Trinajstić information content (AvgIpc) is 3.40. The summed E-state index contributed by atoms with van der Waals surface area (Å²) in [6.07, 6.45) is 8.16. The smallest absolute Gasteiger partial charge is 0.332 e. The molecular weight excluding hydrogens is 424 g/mol. The molecule has 11 nitrogen and oxygen atoms in total. The van der Waals surface area contributed by atoms with E-state index in [4.69, 9.17) is 16.1 Å². The van der Waals surface area contributed by atoms with E-state index in [1.54, 1.807) is 18.6 Å². The number of fused-ring (bicyclic) bond motifs is 1. The Morgan fingerprint density at radius 2 is 1.94 bits per heavy atom. The van der Waals surface area contributed by atoms with Gasteiger partial charge in [-0.15, -0.1) is 0 Å². The Balaban J connectivity index is 1.46. The maximum Gasteiger partial charge on any atom is 0.332 e. The summed E-state index contributed by atoms with van der Waals surface area (Å²) in [5.41, 5.74) is 0.253. The molecule has 0 unspecified atom stereocenters. The summed E-state index contributed by atoms with van der Waals surface area (Å²) >= 11 is 5.95. The van der Waals surface area contributed by atoms with Crippen molar-refractivity contribution in [2.24, 2.45) is 0 Å². The lowest BCUT2D eigenvalue weighted by Gasteiger charge is -2.10. The van der Waals surface area contributed by atoms with Crippen LogP contribution >= 0.6 is 11.6 Å². The molecule has 1 N–H and O–H groups in total. The highest BCUT2D eigenvalue weighted by Gasteiger charge is 2.17. The van der Waals surface area contributed by atoms with Gasteiger partial charge in [-0.3, -0.25) is 18.9 Å². The number of aryl methyl sites for hydroxylation is 2. The van der Waals surface area contributed by atoms with E-state index in [1.165, 1.54) is 9.13 Å². The fourth-order valence-electron chi connectivity index (χ4n) is 3.28. The molecule has 0 radical (unpaired) electrons. The van der Waals surface area contributed by atoms with Crippen molar-refractivity contribution in [3.05, 3.63) is 50.5 Å². The van der Waals surface area contributed by atoms with Gasteiger partial charge in [0.2, 0.25) is 5.28 Å². The number of rotatable bonds is 9. The Kier molecular flexibility index (Phi) is 6.21. The molecule has 4 rings (SSSR count). The lowest BCUT2D eigenvalue weighted by Crippen LogP contribution is -2.40. The second-order valence-electron chi connectivity index (χ2n) is 7.03. The van der Waals surface area contributed by atoms with Crippen LogP contribution in [0.15, 0.2) is 32.7 Å². The normalized spacial score (nSPS) is 11.4. The molecular formula is C19H21ClN8O3. The van der Waals surface area contributed by atoms with Gasteiger partial charge in [0, 0.05) is 31.9 Å². The summed E-state index contributed by atoms with van der Waals surface area (Å²) in [7, 11) is 0. The standard InChI is InChI=1S/C19H21ClN8O3/c1-2-3-9-27-15-14(24-18(20)25-15)17(29)28(19(27)30)10-5-4-6-13-23-16(31-26-13)12-11-21-7-8-22-12/h7-8,11H,2-6,9-10H2,1H3,(H,24,25). The minimum Gasteiger partial charge on any atom is -0.332 e. The van der Waals surface area contributed by atoms with E-state index in [9.17, 15) is 9.59 Å². The van der Waals surface area contributed by atoms with Crippen molar-refractivity contribution in [3.63, 3.8) is 0 Å². The monoisotopic (exact) mass is 444 g/mol. The summed E-state index contributed by atoms with van der Waals surface area (Å²) in [5, 5.41) is 4.04. The summed E-state index contributed by atoms with van der Waals surface area (Å²) in [6.45, 7) is 2.77. The Hall–Kier alpha value is -3.34. The highest BCUT2D eigenvalue weighted by atomic mass is 35.5. The van der Waals surface area contributed by atoms with Crippen molar-refractivity contribution < 1.29 is 4.52 Å². The summed E-state index contributed by atoms with van der Waals surface area (Å²) in [5.74, 6) is 0.837. The number of hydrogen-bond donors (Lipinski definition) is 1. The molecule has 4 heterocycles. The third-order valence-corrected chi connectivity index (χ3v) is 5.03. The van der Waals surface area contributed by atoms with Crippen LogP contribution in [0.2, 0.25) is 5.28 Å². The maximum atomic E-state index is 12.9. The molecule has 0 fully saturated rings. The van der Waals surface area contributed by atoms with Crippen molar-refractivity contribution in [1.29, 1.82) is 0 Å². The van der Waals surface area contributed by atoms with Gasteiger partial charge in [0.15, 0.2) is 17.0 Å². The summed E-state index contributed by atoms with van der Waals surface area (Å²) in [6, 6.07) is 0. The zero-order valence-corrected chi connectivity index (χ0v) is 17.7. The zero-order chi connectivity index (χ0) is 21.8. The summed E-state index contributed by atoms with van der Waals surface area (Å²) in [4.78, 5) is 45.0. The zero-order valence-electron chi connectivity index (χ0n) is 16.9. The molecule has 4 aromatic rings. The SMILES string of the molecule is CCCCn1c(=O)n(CCCCc2noc(-c3cnccn3)n2)c(=O)c2[nH]c(Cl)nc21. The van der Waals surface area contributed by atoms with Crippen molar-refractivity contribution in [1.82, 2.24) is 39.2 Å². The number of nitrogens with zero attached hydrogens (tertiary/aromatic N) is 7. The third kappa shape index (κ3) is 4.41. The van der Waals surface area contributed by atoms with Gasteiger partial charge in [0.1, 0.15) is 5.69 Å². The fourth-order valence-corrected chi connectivity index (χ4v) is 3.45.